The Hall–Kier alpha value is -1.41. The molecule has 1 aliphatic heterocycles. The van der Waals surface area contributed by atoms with Gasteiger partial charge in [0.15, 0.2) is 0 Å². The minimum absolute atomic E-state index is 0.931. The van der Waals surface area contributed by atoms with Crippen molar-refractivity contribution in [3.63, 3.8) is 0 Å². The number of benzene rings is 1. The van der Waals surface area contributed by atoms with Crippen LogP contribution in [0.3, 0.4) is 0 Å². The molecule has 2 aromatic rings. The maximum Gasteiger partial charge on any atom is 0.0430 e. The molecule has 0 unspecified atom stereocenters. The van der Waals surface area contributed by atoms with Gasteiger partial charge in [0.05, 0.1) is 0 Å². The Kier molecular flexibility index (Phi) is 2.14. The van der Waals surface area contributed by atoms with Crippen molar-refractivity contribution in [2.24, 2.45) is 4.99 Å². The first-order valence-corrected chi connectivity index (χ1v) is 6.03. The third-order valence-electron chi connectivity index (χ3n) is 2.74. The highest BCUT2D eigenvalue weighted by Crippen LogP contribution is 2.25. The van der Waals surface area contributed by atoms with Gasteiger partial charge in [-0.1, -0.05) is 18.2 Å². The predicted octanol–water partition coefficient (Wildman–Crippen LogP) is 3.39. The fourth-order valence-electron chi connectivity index (χ4n) is 1.90. The Morgan fingerprint density at radius 2 is 2.13 bits per heavy atom. The van der Waals surface area contributed by atoms with Crippen molar-refractivity contribution in [2.45, 2.75) is 6.42 Å². The van der Waals surface area contributed by atoms with Gasteiger partial charge in [0.1, 0.15) is 0 Å². The van der Waals surface area contributed by atoms with Crippen LogP contribution in [-0.4, -0.2) is 12.8 Å². The molecule has 74 valence electrons. The molecule has 15 heavy (non-hydrogen) atoms. The number of aliphatic imine (C=N–C) groups is 1. The van der Waals surface area contributed by atoms with E-state index in [9.17, 15) is 0 Å². The van der Waals surface area contributed by atoms with Crippen LogP contribution in [-0.2, 0) is 6.42 Å². The molecular weight excluding hydrogens is 202 g/mol. The van der Waals surface area contributed by atoms with Crippen molar-refractivity contribution < 1.29 is 0 Å². The normalized spacial score (nSPS) is 13.9. The third-order valence-corrected chi connectivity index (χ3v) is 3.42. The van der Waals surface area contributed by atoms with E-state index < -0.39 is 0 Å². The van der Waals surface area contributed by atoms with E-state index in [-0.39, 0.29) is 0 Å². The maximum absolute atomic E-state index is 4.29. The van der Waals surface area contributed by atoms with Gasteiger partial charge in [-0.3, -0.25) is 4.99 Å². The van der Waals surface area contributed by atoms with Crippen molar-refractivity contribution in [3.05, 3.63) is 46.2 Å². The summed E-state index contributed by atoms with van der Waals surface area (Å²) in [6.45, 7) is 0.931. The number of hydrogen-bond donors (Lipinski definition) is 0. The second-order valence-electron chi connectivity index (χ2n) is 3.71. The second kappa shape index (κ2) is 3.63. The molecule has 1 aliphatic rings. The van der Waals surface area contributed by atoms with E-state index in [1.54, 1.807) is 11.3 Å². The summed E-state index contributed by atoms with van der Waals surface area (Å²) in [7, 11) is 0. The molecule has 0 bridgehead atoms. The van der Waals surface area contributed by atoms with Gasteiger partial charge in [0, 0.05) is 12.8 Å². The Labute approximate surface area is 93.1 Å². The zero-order valence-corrected chi connectivity index (χ0v) is 9.13. The van der Waals surface area contributed by atoms with E-state index in [1.165, 1.54) is 22.3 Å². The summed E-state index contributed by atoms with van der Waals surface area (Å²) in [6.07, 6.45) is 3.06. The van der Waals surface area contributed by atoms with Crippen molar-refractivity contribution in [1.29, 1.82) is 0 Å². The van der Waals surface area contributed by atoms with Gasteiger partial charge in [-0.05, 0) is 45.5 Å². The molecule has 1 aromatic heterocycles. The van der Waals surface area contributed by atoms with E-state index in [1.807, 2.05) is 6.21 Å². The quantitative estimate of drug-likeness (QED) is 0.688. The topological polar surface area (TPSA) is 12.4 Å². The fraction of sp³-hybridized carbons (Fsp3) is 0.154. The van der Waals surface area contributed by atoms with E-state index in [0.29, 0.717) is 0 Å². The summed E-state index contributed by atoms with van der Waals surface area (Å²) in [4.78, 5) is 4.29. The predicted molar refractivity (Wildman–Crippen MR) is 65.9 cm³/mol. The van der Waals surface area contributed by atoms with Gasteiger partial charge in [-0.15, -0.1) is 0 Å². The van der Waals surface area contributed by atoms with E-state index >= 15 is 0 Å². The molecule has 2 heteroatoms. The minimum Gasteiger partial charge on any atom is -0.292 e. The fourth-order valence-corrected chi connectivity index (χ4v) is 2.57. The van der Waals surface area contributed by atoms with Crippen LogP contribution in [0.1, 0.15) is 11.1 Å². The molecule has 0 amide bonds. The van der Waals surface area contributed by atoms with Gasteiger partial charge >= 0.3 is 0 Å². The number of nitrogens with zero attached hydrogens (tertiary/aromatic N) is 1. The molecule has 2 heterocycles. The number of fused-ring (bicyclic) bond motifs is 1. The second-order valence-corrected chi connectivity index (χ2v) is 4.49. The highest BCUT2D eigenvalue weighted by Gasteiger charge is 2.06. The molecule has 0 fully saturated rings. The number of thiophene rings is 1. The summed E-state index contributed by atoms with van der Waals surface area (Å²) < 4.78 is 0. The smallest absolute Gasteiger partial charge is 0.0430 e. The molecule has 1 nitrogen and oxygen atoms in total. The number of hydrogen-bond acceptors (Lipinski definition) is 2. The van der Waals surface area contributed by atoms with Crippen molar-refractivity contribution >= 4 is 17.6 Å². The Morgan fingerprint density at radius 1 is 1.13 bits per heavy atom. The molecule has 3 rings (SSSR count). The Bertz CT molecular complexity index is 497. The third kappa shape index (κ3) is 1.61. The van der Waals surface area contributed by atoms with Crippen LogP contribution in [0.25, 0.3) is 11.1 Å². The first-order valence-electron chi connectivity index (χ1n) is 5.09. The maximum atomic E-state index is 4.29. The molecule has 0 atom stereocenters. The van der Waals surface area contributed by atoms with E-state index in [4.69, 9.17) is 0 Å². The molecule has 0 N–H and O–H groups in total. The monoisotopic (exact) mass is 213 g/mol. The van der Waals surface area contributed by atoms with Crippen LogP contribution in [0.5, 0.6) is 0 Å². The van der Waals surface area contributed by atoms with Crippen LogP contribution in [0, 0.1) is 0 Å². The number of rotatable bonds is 1. The summed E-state index contributed by atoms with van der Waals surface area (Å²) in [5.41, 5.74) is 5.35. The highest BCUT2D eigenvalue weighted by atomic mass is 32.1. The van der Waals surface area contributed by atoms with Crippen LogP contribution < -0.4 is 0 Å². The SMILES string of the molecule is C1=NCCc2cc(-c3ccsc3)ccc21. The largest absolute Gasteiger partial charge is 0.292 e. The summed E-state index contributed by atoms with van der Waals surface area (Å²) in [5.74, 6) is 0. The van der Waals surface area contributed by atoms with Crippen LogP contribution in [0.4, 0.5) is 0 Å². The summed E-state index contributed by atoms with van der Waals surface area (Å²) >= 11 is 1.75. The molecule has 0 saturated heterocycles. The first-order chi connectivity index (χ1) is 7.43. The van der Waals surface area contributed by atoms with E-state index in [0.717, 1.165) is 13.0 Å². The average Bonchev–Trinajstić information content (AvgIpc) is 2.82. The molecule has 0 saturated carbocycles. The minimum atomic E-state index is 0.931. The molecule has 0 radical (unpaired) electrons. The lowest BCUT2D eigenvalue weighted by Gasteiger charge is -2.10. The van der Waals surface area contributed by atoms with Gasteiger partial charge in [-0.25, -0.2) is 0 Å². The van der Waals surface area contributed by atoms with Crippen LogP contribution in [0.15, 0.2) is 40.0 Å². The first kappa shape index (κ1) is 8.86. The Balaban J connectivity index is 2.09. The highest BCUT2D eigenvalue weighted by molar-refractivity contribution is 7.08. The lowest BCUT2D eigenvalue weighted by Crippen LogP contribution is -2.02. The van der Waals surface area contributed by atoms with Gasteiger partial charge in [-0.2, -0.15) is 11.3 Å². The zero-order valence-electron chi connectivity index (χ0n) is 8.31. The molecule has 1 aromatic carbocycles. The lowest BCUT2D eigenvalue weighted by molar-refractivity contribution is 0.953. The zero-order chi connectivity index (χ0) is 10.1. The van der Waals surface area contributed by atoms with Crippen molar-refractivity contribution in [3.8, 4) is 11.1 Å². The summed E-state index contributed by atoms with van der Waals surface area (Å²) in [6, 6.07) is 8.81. The Morgan fingerprint density at radius 3 is 3.00 bits per heavy atom. The van der Waals surface area contributed by atoms with E-state index in [2.05, 4.69) is 40.0 Å². The van der Waals surface area contributed by atoms with Crippen LogP contribution in [0.2, 0.25) is 0 Å². The van der Waals surface area contributed by atoms with Gasteiger partial charge in [0.2, 0.25) is 0 Å². The molecule has 0 aliphatic carbocycles. The standard InChI is InChI=1S/C13H11NS/c1-2-12-8-14-5-3-11(12)7-10(1)13-4-6-15-9-13/h1-2,4,6-9H,3,5H2. The van der Waals surface area contributed by atoms with Gasteiger partial charge < -0.3 is 0 Å². The van der Waals surface area contributed by atoms with Crippen molar-refractivity contribution in [1.82, 2.24) is 0 Å². The van der Waals surface area contributed by atoms with Gasteiger partial charge in [0.25, 0.3) is 0 Å². The van der Waals surface area contributed by atoms with Crippen molar-refractivity contribution in [2.75, 3.05) is 6.54 Å². The lowest BCUT2D eigenvalue weighted by atomic mass is 9.98. The molecule has 0 spiro atoms. The van der Waals surface area contributed by atoms with Crippen LogP contribution >= 0.6 is 11.3 Å². The summed E-state index contributed by atoms with van der Waals surface area (Å²) in [5, 5.41) is 4.31. The molecular formula is C13H11NS. The average molecular weight is 213 g/mol.